The quantitative estimate of drug-likeness (QED) is 0.497. The van der Waals surface area contributed by atoms with Gasteiger partial charge in [0, 0.05) is 43.4 Å². The molecule has 1 fully saturated rings. The van der Waals surface area contributed by atoms with Crippen LogP contribution in [0.4, 0.5) is 17.3 Å². The molecule has 152 valence electrons. The maximum absolute atomic E-state index is 11.0. The number of hydrogen-bond acceptors (Lipinski definition) is 7. The van der Waals surface area contributed by atoms with Crippen molar-refractivity contribution in [2.75, 3.05) is 23.3 Å². The van der Waals surface area contributed by atoms with Gasteiger partial charge in [-0.1, -0.05) is 18.9 Å². The summed E-state index contributed by atoms with van der Waals surface area (Å²) in [5, 5.41) is 24.1. The van der Waals surface area contributed by atoms with E-state index in [4.69, 9.17) is 0 Å². The third-order valence-electron chi connectivity index (χ3n) is 5.34. The fourth-order valence-electron chi connectivity index (χ4n) is 3.71. The van der Waals surface area contributed by atoms with Gasteiger partial charge in [-0.15, -0.1) is 0 Å². The van der Waals surface area contributed by atoms with Crippen molar-refractivity contribution in [2.24, 2.45) is 0 Å². The van der Waals surface area contributed by atoms with Crippen molar-refractivity contribution in [3.63, 3.8) is 0 Å². The Morgan fingerprint density at radius 3 is 2.60 bits per heavy atom. The second kappa shape index (κ2) is 8.74. The van der Waals surface area contributed by atoms with Crippen molar-refractivity contribution in [1.29, 1.82) is 5.26 Å². The molecule has 0 saturated carbocycles. The molecule has 0 unspecified atom stereocenters. The molecule has 30 heavy (non-hydrogen) atoms. The highest BCUT2D eigenvalue weighted by atomic mass is 16.6. The summed E-state index contributed by atoms with van der Waals surface area (Å²) in [5.41, 5.74) is 1.84. The van der Waals surface area contributed by atoms with E-state index in [1.54, 1.807) is 12.1 Å². The Kier molecular flexibility index (Phi) is 5.70. The van der Waals surface area contributed by atoms with E-state index in [1.807, 2.05) is 6.20 Å². The smallest absolute Gasteiger partial charge is 0.270 e. The van der Waals surface area contributed by atoms with Crippen LogP contribution in [0.2, 0.25) is 0 Å². The number of non-ortho nitro benzene ring substituents is 1. The SMILES string of the molecule is N#Cc1cc(NCc2ccc(N3CCCCCC3)nc2)nc2ccc([N+](=O)[O-])cc12. The zero-order valence-electron chi connectivity index (χ0n) is 16.5. The van der Waals surface area contributed by atoms with E-state index in [2.05, 4.69) is 38.4 Å². The Labute approximate surface area is 174 Å². The fourth-order valence-corrected chi connectivity index (χ4v) is 3.71. The molecule has 0 amide bonds. The molecule has 0 atom stereocenters. The highest BCUT2D eigenvalue weighted by Crippen LogP contribution is 2.25. The van der Waals surface area contributed by atoms with Gasteiger partial charge in [0.2, 0.25) is 0 Å². The van der Waals surface area contributed by atoms with E-state index in [0.717, 1.165) is 24.5 Å². The molecule has 1 N–H and O–H groups in total. The number of nitriles is 1. The molecule has 1 aliphatic heterocycles. The zero-order valence-corrected chi connectivity index (χ0v) is 16.5. The van der Waals surface area contributed by atoms with E-state index in [0.29, 0.717) is 28.8 Å². The summed E-state index contributed by atoms with van der Waals surface area (Å²) in [6.07, 6.45) is 6.86. The van der Waals surface area contributed by atoms with Gasteiger partial charge in [0.1, 0.15) is 11.6 Å². The van der Waals surface area contributed by atoms with Crippen LogP contribution < -0.4 is 10.2 Å². The minimum Gasteiger partial charge on any atom is -0.366 e. The van der Waals surface area contributed by atoms with Gasteiger partial charge >= 0.3 is 0 Å². The summed E-state index contributed by atoms with van der Waals surface area (Å²) in [6.45, 7) is 2.63. The Balaban J connectivity index is 1.48. The van der Waals surface area contributed by atoms with E-state index >= 15 is 0 Å². The number of benzene rings is 1. The molecule has 8 heteroatoms. The Morgan fingerprint density at radius 1 is 1.13 bits per heavy atom. The largest absolute Gasteiger partial charge is 0.366 e. The second-order valence-corrected chi connectivity index (χ2v) is 7.40. The zero-order chi connectivity index (χ0) is 20.9. The molecular formula is C22H22N6O2. The van der Waals surface area contributed by atoms with Crippen molar-refractivity contribution in [3.8, 4) is 6.07 Å². The van der Waals surface area contributed by atoms with E-state index < -0.39 is 4.92 Å². The minimum atomic E-state index is -0.477. The van der Waals surface area contributed by atoms with Crippen LogP contribution in [-0.2, 0) is 6.54 Å². The average Bonchev–Trinajstić information content (AvgIpc) is 3.06. The van der Waals surface area contributed by atoms with Gasteiger partial charge in [-0.3, -0.25) is 10.1 Å². The Hall–Kier alpha value is -3.73. The number of pyridine rings is 2. The van der Waals surface area contributed by atoms with Gasteiger partial charge in [0.15, 0.2) is 0 Å². The molecule has 3 aromatic rings. The number of anilines is 2. The van der Waals surface area contributed by atoms with E-state index in [1.165, 1.54) is 37.8 Å². The number of nitrogens with zero attached hydrogens (tertiary/aromatic N) is 5. The van der Waals surface area contributed by atoms with E-state index in [9.17, 15) is 15.4 Å². The molecule has 4 rings (SSSR count). The minimum absolute atomic E-state index is 0.0583. The van der Waals surface area contributed by atoms with Gasteiger partial charge in [-0.25, -0.2) is 9.97 Å². The number of nitro benzene ring substituents is 1. The number of nitro groups is 1. The molecule has 1 saturated heterocycles. The maximum Gasteiger partial charge on any atom is 0.270 e. The first-order chi connectivity index (χ1) is 14.6. The molecule has 0 aliphatic carbocycles. The lowest BCUT2D eigenvalue weighted by molar-refractivity contribution is -0.384. The number of rotatable bonds is 5. The standard InChI is InChI=1S/C22H22N6O2/c23-13-17-11-21(26-20-7-6-18(28(29)30)12-19(17)20)24-14-16-5-8-22(25-15-16)27-9-3-1-2-4-10-27/h5-8,11-12,15H,1-4,9-10,14H2,(H,24,26). The van der Waals surface area contributed by atoms with E-state index in [-0.39, 0.29) is 5.69 Å². The average molecular weight is 402 g/mol. The lowest BCUT2D eigenvalue weighted by Gasteiger charge is -2.21. The Morgan fingerprint density at radius 2 is 1.93 bits per heavy atom. The van der Waals surface area contributed by atoms with Crippen LogP contribution in [-0.4, -0.2) is 28.0 Å². The van der Waals surface area contributed by atoms with Crippen molar-refractivity contribution >= 4 is 28.2 Å². The fraction of sp³-hybridized carbons (Fsp3) is 0.318. The first-order valence-electron chi connectivity index (χ1n) is 10.1. The first kappa shape index (κ1) is 19.6. The van der Waals surface area contributed by atoms with Gasteiger partial charge in [0.05, 0.1) is 22.1 Å². The summed E-state index contributed by atoms with van der Waals surface area (Å²) in [7, 11) is 0. The van der Waals surface area contributed by atoms with Crippen molar-refractivity contribution < 1.29 is 4.92 Å². The van der Waals surface area contributed by atoms with Crippen LogP contribution in [0.25, 0.3) is 10.9 Å². The predicted molar refractivity (Wildman–Crippen MR) is 115 cm³/mol. The summed E-state index contributed by atoms with van der Waals surface area (Å²) in [4.78, 5) is 22.0. The normalized spacial score (nSPS) is 14.2. The maximum atomic E-state index is 11.0. The summed E-state index contributed by atoms with van der Waals surface area (Å²) < 4.78 is 0. The highest BCUT2D eigenvalue weighted by Gasteiger charge is 2.13. The van der Waals surface area contributed by atoms with Crippen LogP contribution in [0.5, 0.6) is 0 Å². The van der Waals surface area contributed by atoms with Gasteiger partial charge in [-0.05, 0) is 36.6 Å². The topological polar surface area (TPSA) is 108 Å². The summed E-state index contributed by atoms with van der Waals surface area (Å²) in [6, 6.07) is 12.2. The number of hydrogen-bond donors (Lipinski definition) is 1. The summed E-state index contributed by atoms with van der Waals surface area (Å²) in [5.74, 6) is 1.56. The number of nitrogens with one attached hydrogen (secondary N) is 1. The molecule has 0 radical (unpaired) electrons. The van der Waals surface area contributed by atoms with Crippen LogP contribution in [0.15, 0.2) is 42.6 Å². The molecule has 3 heterocycles. The molecule has 1 aromatic carbocycles. The van der Waals surface area contributed by atoms with Crippen molar-refractivity contribution in [2.45, 2.75) is 32.2 Å². The third-order valence-corrected chi connectivity index (χ3v) is 5.34. The van der Waals surface area contributed by atoms with Crippen LogP contribution in [0.3, 0.4) is 0 Å². The molecular weight excluding hydrogens is 380 g/mol. The molecule has 2 aromatic heterocycles. The van der Waals surface area contributed by atoms with Gasteiger partial charge in [0.25, 0.3) is 5.69 Å². The monoisotopic (exact) mass is 402 g/mol. The third kappa shape index (κ3) is 4.30. The van der Waals surface area contributed by atoms with Crippen LogP contribution >= 0.6 is 0 Å². The molecule has 0 spiro atoms. The lowest BCUT2D eigenvalue weighted by atomic mass is 10.1. The number of fused-ring (bicyclic) bond motifs is 1. The molecule has 8 nitrogen and oxygen atoms in total. The second-order valence-electron chi connectivity index (χ2n) is 7.40. The molecule has 0 bridgehead atoms. The summed E-state index contributed by atoms with van der Waals surface area (Å²) >= 11 is 0. The number of aromatic nitrogens is 2. The Bertz CT molecular complexity index is 1100. The molecule has 1 aliphatic rings. The van der Waals surface area contributed by atoms with Crippen LogP contribution in [0.1, 0.15) is 36.8 Å². The van der Waals surface area contributed by atoms with Gasteiger partial charge in [-0.2, -0.15) is 5.26 Å². The van der Waals surface area contributed by atoms with Crippen molar-refractivity contribution in [3.05, 3.63) is 63.8 Å². The highest BCUT2D eigenvalue weighted by molar-refractivity contribution is 5.88. The van der Waals surface area contributed by atoms with Gasteiger partial charge < -0.3 is 10.2 Å². The predicted octanol–water partition coefficient (Wildman–Crippen LogP) is 4.40. The van der Waals surface area contributed by atoms with Crippen molar-refractivity contribution in [1.82, 2.24) is 9.97 Å². The first-order valence-corrected chi connectivity index (χ1v) is 10.1. The van der Waals surface area contributed by atoms with Crippen LogP contribution in [0, 0.1) is 21.4 Å². The lowest BCUT2D eigenvalue weighted by Crippen LogP contribution is -2.24.